The van der Waals surface area contributed by atoms with Gasteiger partial charge in [-0.2, -0.15) is 5.26 Å². The molecule has 1 N–H and O–H groups in total. The largest absolute Gasteiger partial charge is 0.423 e. The lowest BCUT2D eigenvalue weighted by molar-refractivity contribution is 0.109. The first-order chi connectivity index (χ1) is 12.2. The number of piperazine rings is 1. The van der Waals surface area contributed by atoms with Gasteiger partial charge in [-0.05, 0) is 18.4 Å². The first-order valence-electron chi connectivity index (χ1n) is 8.85. The molecule has 0 spiro atoms. The topological polar surface area (TPSA) is 76.5 Å². The number of nitrogens with zero attached hydrogens (tertiary/aromatic N) is 4. The highest BCUT2D eigenvalue weighted by Crippen LogP contribution is 2.41. The molecule has 4 rings (SSSR count). The minimum absolute atomic E-state index is 0.402. The van der Waals surface area contributed by atoms with Crippen molar-refractivity contribution in [3.63, 3.8) is 0 Å². The fourth-order valence-electron chi connectivity index (χ4n) is 3.28. The molecule has 0 bridgehead atoms. The van der Waals surface area contributed by atoms with Gasteiger partial charge in [0.05, 0.1) is 6.10 Å². The predicted octanol–water partition coefficient (Wildman–Crippen LogP) is 2.28. The van der Waals surface area contributed by atoms with Gasteiger partial charge in [-0.15, -0.1) is 0 Å². The normalized spacial score (nSPS) is 19.6. The first kappa shape index (κ1) is 16.1. The van der Waals surface area contributed by atoms with E-state index in [2.05, 4.69) is 20.9 Å². The molecule has 6 heteroatoms. The van der Waals surface area contributed by atoms with E-state index in [1.54, 1.807) is 0 Å². The summed E-state index contributed by atoms with van der Waals surface area (Å²) < 4.78 is 5.88. The van der Waals surface area contributed by atoms with Crippen LogP contribution in [-0.4, -0.2) is 47.7 Å². The highest BCUT2D eigenvalue weighted by molar-refractivity contribution is 5.48. The molecule has 2 aliphatic rings. The predicted molar refractivity (Wildman–Crippen MR) is 93.2 cm³/mol. The third-order valence-electron chi connectivity index (χ3n) is 4.93. The van der Waals surface area contributed by atoms with Crippen molar-refractivity contribution in [1.29, 1.82) is 5.26 Å². The third-order valence-corrected chi connectivity index (χ3v) is 4.93. The molecule has 0 radical (unpaired) electrons. The van der Waals surface area contributed by atoms with Crippen LogP contribution in [0, 0.1) is 11.3 Å². The van der Waals surface area contributed by atoms with Crippen LogP contribution in [0.2, 0.25) is 0 Å². The van der Waals surface area contributed by atoms with E-state index in [4.69, 9.17) is 4.42 Å². The number of aromatic nitrogens is 1. The molecule has 1 saturated heterocycles. The number of aliphatic hydroxyl groups is 1. The Morgan fingerprint density at radius 2 is 1.92 bits per heavy atom. The molecule has 25 heavy (non-hydrogen) atoms. The van der Waals surface area contributed by atoms with Gasteiger partial charge in [0.25, 0.3) is 0 Å². The van der Waals surface area contributed by atoms with E-state index in [1.807, 2.05) is 30.3 Å². The molecular formula is C19H22N4O2. The van der Waals surface area contributed by atoms with E-state index < -0.39 is 6.10 Å². The van der Waals surface area contributed by atoms with Crippen molar-refractivity contribution < 1.29 is 9.52 Å². The molecule has 1 aromatic carbocycles. The summed E-state index contributed by atoms with van der Waals surface area (Å²) >= 11 is 0. The Hall–Kier alpha value is -2.36. The molecule has 1 saturated carbocycles. The Balaban J connectivity index is 1.36. The average molecular weight is 338 g/mol. The Morgan fingerprint density at radius 3 is 2.56 bits per heavy atom. The number of benzene rings is 1. The standard InChI is InChI=1S/C19H22N4O2/c20-12-16-19(25-18(21-16)15-6-7-15)23-10-8-22(9-11-23)13-17(24)14-4-2-1-3-5-14/h1-5,15,17,24H,6-11,13H2. The number of oxazole rings is 1. The third kappa shape index (κ3) is 3.53. The minimum Gasteiger partial charge on any atom is -0.423 e. The minimum atomic E-state index is -0.478. The van der Waals surface area contributed by atoms with Gasteiger partial charge in [-0.3, -0.25) is 4.90 Å². The van der Waals surface area contributed by atoms with Gasteiger partial charge in [-0.1, -0.05) is 30.3 Å². The van der Waals surface area contributed by atoms with Crippen LogP contribution in [0.4, 0.5) is 5.88 Å². The molecule has 1 atom stereocenters. The van der Waals surface area contributed by atoms with Crippen LogP contribution in [0.15, 0.2) is 34.7 Å². The first-order valence-corrected chi connectivity index (χ1v) is 8.85. The number of hydrogen-bond donors (Lipinski definition) is 1. The molecule has 1 unspecified atom stereocenters. The van der Waals surface area contributed by atoms with Gasteiger partial charge in [0.15, 0.2) is 0 Å². The molecule has 1 aromatic heterocycles. The monoisotopic (exact) mass is 338 g/mol. The zero-order valence-electron chi connectivity index (χ0n) is 14.1. The van der Waals surface area contributed by atoms with Crippen molar-refractivity contribution in [3.8, 4) is 6.07 Å². The van der Waals surface area contributed by atoms with Gasteiger partial charge in [0.2, 0.25) is 17.5 Å². The van der Waals surface area contributed by atoms with Crippen LogP contribution in [0.3, 0.4) is 0 Å². The molecule has 1 aliphatic heterocycles. The summed E-state index contributed by atoms with van der Waals surface area (Å²) in [5, 5.41) is 19.7. The van der Waals surface area contributed by atoms with E-state index in [9.17, 15) is 10.4 Å². The summed E-state index contributed by atoms with van der Waals surface area (Å²) in [5.74, 6) is 1.74. The molecule has 6 nitrogen and oxygen atoms in total. The second-order valence-electron chi connectivity index (χ2n) is 6.81. The van der Waals surface area contributed by atoms with Crippen LogP contribution in [0.25, 0.3) is 0 Å². The van der Waals surface area contributed by atoms with E-state index in [-0.39, 0.29) is 0 Å². The Kier molecular flexibility index (Phi) is 4.43. The number of rotatable bonds is 5. The Bertz CT molecular complexity index is 755. The summed E-state index contributed by atoms with van der Waals surface area (Å²) in [7, 11) is 0. The maximum Gasteiger partial charge on any atom is 0.234 e. The summed E-state index contributed by atoms with van der Waals surface area (Å²) in [6.07, 6.45) is 1.74. The van der Waals surface area contributed by atoms with E-state index in [0.717, 1.165) is 44.6 Å². The Morgan fingerprint density at radius 1 is 1.20 bits per heavy atom. The van der Waals surface area contributed by atoms with Crippen molar-refractivity contribution in [2.75, 3.05) is 37.6 Å². The number of hydrogen-bond acceptors (Lipinski definition) is 6. The molecule has 2 aromatic rings. The number of aliphatic hydroxyl groups excluding tert-OH is 1. The van der Waals surface area contributed by atoms with Gasteiger partial charge in [-0.25, -0.2) is 4.98 Å². The summed E-state index contributed by atoms with van der Waals surface area (Å²) in [4.78, 5) is 8.70. The summed E-state index contributed by atoms with van der Waals surface area (Å²) in [6.45, 7) is 3.82. The molecule has 130 valence electrons. The number of β-amino-alcohol motifs (C(OH)–C–C–N with tert-alkyl or cyclic N) is 1. The highest BCUT2D eigenvalue weighted by atomic mass is 16.4. The van der Waals surface area contributed by atoms with Crippen LogP contribution in [-0.2, 0) is 0 Å². The molecule has 2 heterocycles. The quantitative estimate of drug-likeness (QED) is 0.901. The van der Waals surface area contributed by atoms with Crippen molar-refractivity contribution in [2.24, 2.45) is 0 Å². The fraction of sp³-hybridized carbons (Fsp3) is 0.474. The summed E-state index contributed by atoms with van der Waals surface area (Å²) in [6, 6.07) is 11.9. The number of nitriles is 1. The van der Waals surface area contributed by atoms with Gasteiger partial charge < -0.3 is 14.4 Å². The zero-order chi connectivity index (χ0) is 17.2. The molecule has 1 aliphatic carbocycles. The number of anilines is 1. The second kappa shape index (κ2) is 6.87. The van der Waals surface area contributed by atoms with Crippen LogP contribution < -0.4 is 4.90 Å². The van der Waals surface area contributed by atoms with Crippen LogP contribution in [0.5, 0.6) is 0 Å². The second-order valence-corrected chi connectivity index (χ2v) is 6.81. The van der Waals surface area contributed by atoms with E-state index in [0.29, 0.717) is 29.9 Å². The van der Waals surface area contributed by atoms with Crippen LogP contribution in [0.1, 0.15) is 42.0 Å². The molecular weight excluding hydrogens is 316 g/mol. The zero-order valence-corrected chi connectivity index (χ0v) is 14.1. The molecule has 0 amide bonds. The lowest BCUT2D eigenvalue weighted by Gasteiger charge is -2.35. The molecule has 2 fully saturated rings. The van der Waals surface area contributed by atoms with E-state index >= 15 is 0 Å². The highest BCUT2D eigenvalue weighted by Gasteiger charge is 2.32. The van der Waals surface area contributed by atoms with Crippen LogP contribution >= 0.6 is 0 Å². The van der Waals surface area contributed by atoms with Crippen molar-refractivity contribution in [2.45, 2.75) is 24.9 Å². The SMILES string of the molecule is N#Cc1nc(C2CC2)oc1N1CCN(CC(O)c2ccccc2)CC1. The summed E-state index contributed by atoms with van der Waals surface area (Å²) in [5.41, 5.74) is 1.35. The van der Waals surface area contributed by atoms with E-state index in [1.165, 1.54) is 0 Å². The lowest BCUT2D eigenvalue weighted by Crippen LogP contribution is -2.47. The maximum atomic E-state index is 10.4. The van der Waals surface area contributed by atoms with Crippen molar-refractivity contribution in [1.82, 2.24) is 9.88 Å². The van der Waals surface area contributed by atoms with Gasteiger partial charge in [0, 0.05) is 38.6 Å². The van der Waals surface area contributed by atoms with Crippen molar-refractivity contribution >= 4 is 5.88 Å². The Labute approximate surface area is 147 Å². The average Bonchev–Trinajstić information content (AvgIpc) is 3.42. The maximum absolute atomic E-state index is 10.4. The fourth-order valence-corrected chi connectivity index (χ4v) is 3.28. The van der Waals surface area contributed by atoms with Gasteiger partial charge in [0.1, 0.15) is 6.07 Å². The smallest absolute Gasteiger partial charge is 0.234 e. The van der Waals surface area contributed by atoms with Gasteiger partial charge >= 0.3 is 0 Å². The lowest BCUT2D eigenvalue weighted by atomic mass is 10.1. The van der Waals surface area contributed by atoms with Crippen molar-refractivity contribution in [3.05, 3.63) is 47.5 Å².